The molecule has 3 heterocycles. The quantitative estimate of drug-likeness (QED) is 0.524. The third-order valence-electron chi connectivity index (χ3n) is 6.07. The van der Waals surface area contributed by atoms with Crippen molar-refractivity contribution in [3.05, 3.63) is 30.1 Å². The first-order valence-electron chi connectivity index (χ1n) is 11.6. The number of halogens is 1. The first kappa shape index (κ1) is 23.2. The van der Waals surface area contributed by atoms with Crippen molar-refractivity contribution in [3.8, 4) is 11.3 Å². The van der Waals surface area contributed by atoms with Crippen molar-refractivity contribution in [2.45, 2.75) is 63.9 Å². The number of aromatic nitrogens is 3. The molecular formula is C23H31FN6O3. The standard InChI is InChI=1S/C23H31FN6O3/c1-2-16(24)12-26-22-27-13-19(21(29-22)28-17-4-6-18(31)7-5-17)20-8-3-15(11-25-20)14-30-9-10-33-23(30)32/h3,8,11,13,16-18,31H,2,4-7,9-10,12,14H2,1H3,(H2,26,27,28,29)/t16-,17-,18-/m0/s1. The number of anilines is 2. The molecule has 10 heteroatoms. The summed E-state index contributed by atoms with van der Waals surface area (Å²) in [5.74, 6) is 0.988. The predicted octanol–water partition coefficient (Wildman–Crippen LogP) is 3.37. The van der Waals surface area contributed by atoms with Gasteiger partial charge in [0.15, 0.2) is 0 Å². The number of aliphatic hydroxyl groups excluding tert-OH is 1. The minimum atomic E-state index is -0.966. The van der Waals surface area contributed by atoms with Crippen LogP contribution in [0.15, 0.2) is 24.5 Å². The second-order valence-electron chi connectivity index (χ2n) is 8.58. The molecule has 1 saturated carbocycles. The summed E-state index contributed by atoms with van der Waals surface area (Å²) in [6, 6.07) is 3.99. The molecule has 0 aromatic carbocycles. The van der Waals surface area contributed by atoms with Gasteiger partial charge in [-0.2, -0.15) is 4.98 Å². The fraction of sp³-hybridized carbons (Fsp3) is 0.565. The topological polar surface area (TPSA) is 112 Å². The van der Waals surface area contributed by atoms with E-state index in [-0.39, 0.29) is 24.8 Å². The van der Waals surface area contributed by atoms with Gasteiger partial charge in [-0.05, 0) is 43.7 Å². The Morgan fingerprint density at radius 3 is 2.73 bits per heavy atom. The van der Waals surface area contributed by atoms with Gasteiger partial charge in [-0.25, -0.2) is 14.2 Å². The molecule has 33 heavy (non-hydrogen) atoms. The normalized spacial score (nSPS) is 21.5. The Morgan fingerprint density at radius 2 is 2.06 bits per heavy atom. The van der Waals surface area contributed by atoms with Crippen LogP contribution in [0.5, 0.6) is 0 Å². The van der Waals surface area contributed by atoms with Crippen molar-refractivity contribution in [1.29, 1.82) is 0 Å². The zero-order chi connectivity index (χ0) is 23.2. The van der Waals surface area contributed by atoms with Crippen molar-refractivity contribution >= 4 is 17.9 Å². The van der Waals surface area contributed by atoms with Crippen molar-refractivity contribution < 1.29 is 19.0 Å². The maximum atomic E-state index is 13.7. The van der Waals surface area contributed by atoms with Gasteiger partial charge in [-0.3, -0.25) is 4.98 Å². The van der Waals surface area contributed by atoms with Crippen LogP contribution in [0.1, 0.15) is 44.6 Å². The van der Waals surface area contributed by atoms with Crippen molar-refractivity contribution in [3.63, 3.8) is 0 Å². The highest BCUT2D eigenvalue weighted by Crippen LogP contribution is 2.29. The van der Waals surface area contributed by atoms with Gasteiger partial charge < -0.3 is 25.4 Å². The van der Waals surface area contributed by atoms with Gasteiger partial charge in [-0.1, -0.05) is 13.0 Å². The molecule has 1 aliphatic heterocycles. The lowest BCUT2D eigenvalue weighted by Gasteiger charge is -2.27. The molecule has 2 aliphatic rings. The van der Waals surface area contributed by atoms with E-state index in [1.807, 2.05) is 12.1 Å². The number of cyclic esters (lactones) is 1. The number of carbonyl (C=O) groups is 1. The smallest absolute Gasteiger partial charge is 0.410 e. The minimum absolute atomic E-state index is 0.150. The van der Waals surface area contributed by atoms with Crippen LogP contribution in [0.4, 0.5) is 21.0 Å². The molecular weight excluding hydrogens is 427 g/mol. The Labute approximate surface area is 192 Å². The minimum Gasteiger partial charge on any atom is -0.448 e. The zero-order valence-corrected chi connectivity index (χ0v) is 18.8. The van der Waals surface area contributed by atoms with Crippen LogP contribution >= 0.6 is 0 Å². The van der Waals surface area contributed by atoms with Crippen LogP contribution in [-0.4, -0.2) is 69.1 Å². The van der Waals surface area contributed by atoms with Crippen LogP contribution in [0, 0.1) is 0 Å². The third-order valence-corrected chi connectivity index (χ3v) is 6.07. The molecule has 1 amide bonds. The molecule has 2 aromatic heterocycles. The Bertz CT molecular complexity index is 936. The number of pyridine rings is 1. The lowest BCUT2D eigenvalue weighted by atomic mass is 9.93. The van der Waals surface area contributed by atoms with Gasteiger partial charge in [0.05, 0.1) is 30.5 Å². The Kier molecular flexibility index (Phi) is 7.54. The number of nitrogens with one attached hydrogen (secondary N) is 2. The molecule has 1 aliphatic carbocycles. The average Bonchev–Trinajstić information content (AvgIpc) is 3.24. The second kappa shape index (κ2) is 10.7. The molecule has 3 N–H and O–H groups in total. The fourth-order valence-corrected chi connectivity index (χ4v) is 3.99. The zero-order valence-electron chi connectivity index (χ0n) is 18.8. The van der Waals surface area contributed by atoms with Gasteiger partial charge >= 0.3 is 6.09 Å². The van der Waals surface area contributed by atoms with Crippen LogP contribution in [-0.2, 0) is 11.3 Å². The highest BCUT2D eigenvalue weighted by atomic mass is 19.1. The number of rotatable bonds is 9. The summed E-state index contributed by atoms with van der Waals surface area (Å²) >= 11 is 0. The highest BCUT2D eigenvalue weighted by Gasteiger charge is 2.23. The summed E-state index contributed by atoms with van der Waals surface area (Å²) < 4.78 is 18.7. The van der Waals surface area contributed by atoms with Crippen molar-refractivity contribution in [1.82, 2.24) is 19.9 Å². The average molecular weight is 459 g/mol. The third kappa shape index (κ3) is 6.07. The molecule has 0 unspecified atom stereocenters. The molecule has 0 bridgehead atoms. The molecule has 0 radical (unpaired) electrons. The molecule has 2 fully saturated rings. The summed E-state index contributed by atoms with van der Waals surface area (Å²) in [5.41, 5.74) is 2.34. The van der Waals surface area contributed by atoms with E-state index in [0.717, 1.165) is 36.8 Å². The largest absolute Gasteiger partial charge is 0.448 e. The maximum Gasteiger partial charge on any atom is 0.410 e. The van der Waals surface area contributed by atoms with E-state index in [9.17, 15) is 14.3 Å². The van der Waals surface area contributed by atoms with Gasteiger partial charge in [0, 0.05) is 25.0 Å². The predicted molar refractivity (Wildman–Crippen MR) is 123 cm³/mol. The van der Waals surface area contributed by atoms with Crippen LogP contribution in [0.25, 0.3) is 11.3 Å². The highest BCUT2D eigenvalue weighted by molar-refractivity contribution is 5.73. The Balaban J connectivity index is 1.52. The lowest BCUT2D eigenvalue weighted by molar-refractivity contribution is 0.126. The van der Waals surface area contributed by atoms with Gasteiger partial charge in [0.2, 0.25) is 5.95 Å². The SMILES string of the molecule is CC[C@H](F)CNc1ncc(-c2ccc(CN3CCOC3=O)cn2)c(N[C@H]2CC[C@H](O)CC2)n1. The van der Waals surface area contributed by atoms with E-state index in [1.165, 1.54) is 0 Å². The summed E-state index contributed by atoms with van der Waals surface area (Å²) in [4.78, 5) is 26.9. The molecule has 178 valence electrons. The van der Waals surface area contributed by atoms with E-state index in [4.69, 9.17) is 4.74 Å². The van der Waals surface area contributed by atoms with Crippen molar-refractivity contribution in [2.75, 3.05) is 30.3 Å². The second-order valence-corrected chi connectivity index (χ2v) is 8.58. The molecule has 1 saturated heterocycles. The number of hydrogen-bond acceptors (Lipinski definition) is 8. The van der Waals surface area contributed by atoms with Crippen LogP contribution in [0.2, 0.25) is 0 Å². The molecule has 9 nitrogen and oxygen atoms in total. The summed E-state index contributed by atoms with van der Waals surface area (Å²) in [5, 5.41) is 16.3. The number of amides is 1. The number of ether oxygens (including phenoxy) is 1. The summed E-state index contributed by atoms with van der Waals surface area (Å²) in [6.07, 6.45) is 5.50. The van der Waals surface area contributed by atoms with E-state index in [1.54, 1.807) is 24.2 Å². The van der Waals surface area contributed by atoms with Crippen molar-refractivity contribution in [2.24, 2.45) is 0 Å². The maximum absolute atomic E-state index is 13.7. The van der Waals surface area contributed by atoms with Gasteiger partial charge in [0.25, 0.3) is 0 Å². The molecule has 1 atom stereocenters. The number of nitrogens with zero attached hydrogens (tertiary/aromatic N) is 4. The number of carbonyl (C=O) groups excluding carboxylic acids is 1. The lowest BCUT2D eigenvalue weighted by Crippen LogP contribution is -2.29. The van der Waals surface area contributed by atoms with Gasteiger partial charge in [-0.15, -0.1) is 0 Å². The van der Waals surface area contributed by atoms with Crippen LogP contribution in [0.3, 0.4) is 0 Å². The number of alkyl halides is 1. The van der Waals surface area contributed by atoms with E-state index >= 15 is 0 Å². The van der Waals surface area contributed by atoms with E-state index in [0.29, 0.717) is 43.6 Å². The molecule has 2 aromatic rings. The molecule has 0 spiro atoms. The van der Waals surface area contributed by atoms with Gasteiger partial charge in [0.1, 0.15) is 18.6 Å². The van der Waals surface area contributed by atoms with E-state index in [2.05, 4.69) is 25.6 Å². The van der Waals surface area contributed by atoms with Crippen LogP contribution < -0.4 is 10.6 Å². The first-order chi connectivity index (χ1) is 16.0. The number of aliphatic hydroxyl groups is 1. The Morgan fingerprint density at radius 1 is 1.24 bits per heavy atom. The Hall–Kier alpha value is -3.01. The van der Waals surface area contributed by atoms with E-state index < -0.39 is 6.17 Å². The monoisotopic (exact) mass is 458 g/mol. The first-order valence-corrected chi connectivity index (χ1v) is 11.6. The summed E-state index contributed by atoms with van der Waals surface area (Å²) in [6.45, 7) is 3.38. The fourth-order valence-electron chi connectivity index (χ4n) is 3.99. The number of hydrogen-bond donors (Lipinski definition) is 3. The molecule has 4 rings (SSSR count). The summed E-state index contributed by atoms with van der Waals surface area (Å²) in [7, 11) is 0.